The molecule has 0 amide bonds. The lowest BCUT2D eigenvalue weighted by Gasteiger charge is -2.43. The smallest absolute Gasteiger partial charge is 0.207 e. The molecule has 5 heteroatoms. The lowest BCUT2D eigenvalue weighted by Crippen LogP contribution is -2.54. The van der Waals surface area contributed by atoms with Crippen LogP contribution in [0.25, 0.3) is 0 Å². The van der Waals surface area contributed by atoms with Crippen LogP contribution in [0.1, 0.15) is 6.92 Å². The zero-order valence-corrected chi connectivity index (χ0v) is 19.9. The summed E-state index contributed by atoms with van der Waals surface area (Å²) in [6, 6.07) is 19.5. The van der Waals surface area contributed by atoms with Crippen LogP contribution in [0.5, 0.6) is 0 Å². The molecular formula is C29H32N4O. The van der Waals surface area contributed by atoms with E-state index >= 15 is 0 Å². The summed E-state index contributed by atoms with van der Waals surface area (Å²) < 4.78 is 0. The number of hydrogen-bond acceptors (Lipinski definition) is 3. The topological polar surface area (TPSA) is 51.1 Å². The van der Waals surface area contributed by atoms with Gasteiger partial charge in [-0.3, -0.25) is 9.89 Å². The number of benzene rings is 2. The standard InChI is InChI=1S/C29H32N4O/c1-7-30-29-32(6)24(5)27(28(34)33(29)26-16-12-9-13-17-26)20-22(3)21(2)18-19-23(4)31-25-14-10-8-11-15-25/h8-20,28,31,34H,2-5,7H2,1,6H3/b19-18-,27-20+,30-29?. The Morgan fingerprint density at radius 1 is 1.00 bits per heavy atom. The van der Waals surface area contributed by atoms with E-state index in [9.17, 15) is 5.11 Å². The fraction of sp³-hybridized carbons (Fsp3) is 0.138. The molecule has 0 bridgehead atoms. The lowest BCUT2D eigenvalue weighted by molar-refractivity contribution is 0.207. The number of likely N-dealkylation sites (N-methyl/N-ethyl adjacent to an activating group) is 1. The van der Waals surface area contributed by atoms with Gasteiger partial charge in [-0.05, 0) is 54.5 Å². The summed E-state index contributed by atoms with van der Waals surface area (Å²) in [7, 11) is 1.89. The predicted octanol–water partition coefficient (Wildman–Crippen LogP) is 5.87. The van der Waals surface area contributed by atoms with Crippen molar-refractivity contribution in [2.75, 3.05) is 23.8 Å². The van der Waals surface area contributed by atoms with Crippen molar-refractivity contribution in [1.29, 1.82) is 0 Å². The molecule has 2 aromatic carbocycles. The van der Waals surface area contributed by atoms with Gasteiger partial charge in [0.2, 0.25) is 5.96 Å². The van der Waals surface area contributed by atoms with Gasteiger partial charge < -0.3 is 15.3 Å². The molecule has 5 nitrogen and oxygen atoms in total. The third-order valence-electron chi connectivity index (χ3n) is 5.42. The Balaban J connectivity index is 1.82. The van der Waals surface area contributed by atoms with Gasteiger partial charge in [0.1, 0.15) is 0 Å². The van der Waals surface area contributed by atoms with Crippen molar-refractivity contribution in [1.82, 2.24) is 4.90 Å². The van der Waals surface area contributed by atoms with Crippen LogP contribution in [0.15, 0.2) is 138 Å². The summed E-state index contributed by atoms with van der Waals surface area (Å²) in [6.45, 7) is 19.1. The Kier molecular flexibility index (Phi) is 8.06. The Hall–Kier alpha value is -4.09. The Morgan fingerprint density at radius 3 is 2.24 bits per heavy atom. The number of allylic oxidation sites excluding steroid dienone is 5. The van der Waals surface area contributed by atoms with Gasteiger partial charge in [0.15, 0.2) is 6.23 Å². The molecule has 1 aliphatic heterocycles. The molecule has 0 spiro atoms. The Bertz CT molecular complexity index is 1160. The van der Waals surface area contributed by atoms with Crippen LogP contribution in [-0.2, 0) is 0 Å². The average molecular weight is 453 g/mol. The molecule has 2 N–H and O–H groups in total. The van der Waals surface area contributed by atoms with Gasteiger partial charge in [-0.15, -0.1) is 0 Å². The molecule has 1 heterocycles. The van der Waals surface area contributed by atoms with E-state index in [0.29, 0.717) is 34.9 Å². The minimum Gasteiger partial charge on any atom is -0.369 e. The highest BCUT2D eigenvalue weighted by Gasteiger charge is 2.35. The molecule has 3 rings (SSSR count). The first-order valence-corrected chi connectivity index (χ1v) is 11.1. The van der Waals surface area contributed by atoms with E-state index in [-0.39, 0.29) is 0 Å². The second-order valence-electron chi connectivity index (χ2n) is 7.86. The molecule has 1 saturated heterocycles. The van der Waals surface area contributed by atoms with Crippen molar-refractivity contribution in [2.24, 2.45) is 4.99 Å². The van der Waals surface area contributed by atoms with E-state index in [1.165, 1.54) is 0 Å². The first-order valence-electron chi connectivity index (χ1n) is 11.1. The molecule has 1 aliphatic rings. The zero-order chi connectivity index (χ0) is 24.7. The van der Waals surface area contributed by atoms with Gasteiger partial charge in [0.05, 0.1) is 0 Å². The van der Waals surface area contributed by atoms with Crippen LogP contribution in [0.4, 0.5) is 11.4 Å². The van der Waals surface area contributed by atoms with Crippen molar-refractivity contribution in [2.45, 2.75) is 13.2 Å². The molecule has 2 aromatic rings. The summed E-state index contributed by atoms with van der Waals surface area (Å²) in [5.74, 6) is 0.635. The summed E-state index contributed by atoms with van der Waals surface area (Å²) in [6.07, 6.45) is 4.54. The molecule has 34 heavy (non-hydrogen) atoms. The van der Waals surface area contributed by atoms with E-state index in [4.69, 9.17) is 0 Å². The van der Waals surface area contributed by atoms with Crippen LogP contribution in [0.2, 0.25) is 0 Å². The molecule has 1 fully saturated rings. The fourth-order valence-electron chi connectivity index (χ4n) is 3.54. The van der Waals surface area contributed by atoms with E-state index in [1.54, 1.807) is 4.90 Å². The van der Waals surface area contributed by atoms with Gasteiger partial charge in [0.25, 0.3) is 0 Å². The van der Waals surface area contributed by atoms with Crippen molar-refractivity contribution >= 4 is 17.3 Å². The molecular weight excluding hydrogens is 420 g/mol. The van der Waals surface area contributed by atoms with Gasteiger partial charge >= 0.3 is 0 Å². The normalized spacial score (nSPS) is 18.6. The molecule has 0 aliphatic carbocycles. The number of guanidine groups is 1. The molecule has 0 saturated carbocycles. The number of anilines is 2. The highest BCUT2D eigenvalue weighted by molar-refractivity contribution is 6.00. The van der Waals surface area contributed by atoms with Crippen LogP contribution in [0, 0.1) is 0 Å². The second kappa shape index (κ2) is 11.2. The van der Waals surface area contributed by atoms with Crippen LogP contribution in [0.3, 0.4) is 0 Å². The third-order valence-corrected chi connectivity index (χ3v) is 5.42. The lowest BCUT2D eigenvalue weighted by atomic mass is 10.00. The summed E-state index contributed by atoms with van der Waals surface area (Å²) in [4.78, 5) is 8.28. The van der Waals surface area contributed by atoms with E-state index < -0.39 is 6.23 Å². The Labute approximate surface area is 202 Å². The van der Waals surface area contributed by atoms with E-state index in [1.807, 2.05) is 97.8 Å². The first kappa shape index (κ1) is 24.6. The molecule has 1 atom stereocenters. The Morgan fingerprint density at radius 2 is 1.62 bits per heavy atom. The predicted molar refractivity (Wildman–Crippen MR) is 145 cm³/mol. The fourth-order valence-corrected chi connectivity index (χ4v) is 3.54. The van der Waals surface area contributed by atoms with Crippen molar-refractivity contribution in [3.8, 4) is 0 Å². The zero-order valence-electron chi connectivity index (χ0n) is 19.9. The maximum Gasteiger partial charge on any atom is 0.207 e. The SMILES string of the molecule is C=C(/C=C\C(=C)C(=C)/C=C1\C(=C)N(C)C(=NCC)N(c2ccccc2)C1O)Nc1ccccc1. The van der Waals surface area contributed by atoms with Crippen LogP contribution < -0.4 is 10.2 Å². The highest BCUT2D eigenvalue weighted by atomic mass is 16.3. The number of aliphatic hydroxyl groups excluding tert-OH is 1. The molecule has 1 unspecified atom stereocenters. The van der Waals surface area contributed by atoms with E-state index in [0.717, 1.165) is 17.1 Å². The van der Waals surface area contributed by atoms with Gasteiger partial charge in [-0.2, -0.15) is 0 Å². The maximum absolute atomic E-state index is 11.4. The maximum atomic E-state index is 11.4. The number of nitrogens with zero attached hydrogens (tertiary/aromatic N) is 3. The van der Waals surface area contributed by atoms with Crippen molar-refractivity contribution in [3.05, 3.63) is 133 Å². The van der Waals surface area contributed by atoms with Gasteiger partial charge in [-0.1, -0.05) is 68.8 Å². The second-order valence-corrected chi connectivity index (χ2v) is 7.86. The third kappa shape index (κ3) is 5.63. The number of hydrogen-bond donors (Lipinski definition) is 2. The number of aliphatic hydroxyl groups is 1. The summed E-state index contributed by atoms with van der Waals surface area (Å²) in [5, 5.41) is 14.6. The molecule has 174 valence electrons. The monoisotopic (exact) mass is 452 g/mol. The van der Waals surface area contributed by atoms with E-state index in [2.05, 4.69) is 36.6 Å². The summed E-state index contributed by atoms with van der Waals surface area (Å²) in [5.41, 5.74) is 5.16. The molecule has 0 radical (unpaired) electrons. The number of nitrogens with one attached hydrogen (secondary N) is 1. The summed E-state index contributed by atoms with van der Waals surface area (Å²) >= 11 is 0. The average Bonchev–Trinajstić information content (AvgIpc) is 2.85. The minimum atomic E-state index is -0.973. The van der Waals surface area contributed by atoms with Gasteiger partial charge in [0, 0.05) is 41.9 Å². The first-order chi connectivity index (χ1) is 16.3. The quantitative estimate of drug-likeness (QED) is 0.492. The highest BCUT2D eigenvalue weighted by Crippen LogP contribution is 2.32. The minimum absolute atomic E-state index is 0.581. The van der Waals surface area contributed by atoms with Crippen molar-refractivity contribution in [3.63, 3.8) is 0 Å². The molecule has 0 aromatic heterocycles. The van der Waals surface area contributed by atoms with Crippen molar-refractivity contribution < 1.29 is 5.11 Å². The number of para-hydroxylation sites is 2. The van der Waals surface area contributed by atoms with Crippen LogP contribution in [-0.4, -0.2) is 35.8 Å². The number of aliphatic imine (C=N–C) groups is 1. The van der Waals surface area contributed by atoms with Crippen LogP contribution >= 0.6 is 0 Å². The largest absolute Gasteiger partial charge is 0.369 e. The van der Waals surface area contributed by atoms with Gasteiger partial charge in [-0.25, -0.2) is 0 Å². The number of rotatable bonds is 8.